The van der Waals surface area contributed by atoms with E-state index in [0.29, 0.717) is 0 Å². The van der Waals surface area contributed by atoms with Crippen molar-refractivity contribution in [2.24, 2.45) is 0 Å². The lowest BCUT2D eigenvalue weighted by atomic mass is 10.0. The van der Waals surface area contributed by atoms with Crippen molar-refractivity contribution in [3.8, 4) is 12.3 Å². The normalized spacial score (nSPS) is 12.1. The second-order valence-corrected chi connectivity index (χ2v) is 3.14. The summed E-state index contributed by atoms with van der Waals surface area (Å²) in [4.78, 5) is 3.95. The second kappa shape index (κ2) is 3.54. The molecule has 1 aromatic heterocycles. The lowest BCUT2D eigenvalue weighted by Gasteiger charge is -2.04. The highest BCUT2D eigenvalue weighted by atomic mass is 79.9. The standard InChI is InChI=1S/C9H8BrN/c1-3-7(2)8-4-5-11-6-9(8)10/h1,4-7H,2H3. The first-order valence-electron chi connectivity index (χ1n) is 3.31. The average Bonchev–Trinajstić information content (AvgIpc) is 2.04. The van der Waals surface area contributed by atoms with Gasteiger partial charge in [-0.25, -0.2) is 0 Å². The van der Waals surface area contributed by atoms with E-state index in [1.165, 1.54) is 0 Å². The first-order valence-corrected chi connectivity index (χ1v) is 4.10. The van der Waals surface area contributed by atoms with Gasteiger partial charge < -0.3 is 0 Å². The Hall–Kier alpha value is -0.810. The van der Waals surface area contributed by atoms with Crippen LogP contribution in [0.15, 0.2) is 22.9 Å². The molecule has 11 heavy (non-hydrogen) atoms. The van der Waals surface area contributed by atoms with Crippen molar-refractivity contribution in [1.29, 1.82) is 0 Å². The number of hydrogen-bond donors (Lipinski definition) is 0. The summed E-state index contributed by atoms with van der Waals surface area (Å²) >= 11 is 3.38. The molecule has 0 aromatic carbocycles. The van der Waals surface area contributed by atoms with E-state index in [-0.39, 0.29) is 5.92 Å². The van der Waals surface area contributed by atoms with Crippen molar-refractivity contribution in [3.05, 3.63) is 28.5 Å². The summed E-state index contributed by atoms with van der Waals surface area (Å²) < 4.78 is 0.977. The van der Waals surface area contributed by atoms with Gasteiger partial charge in [-0.15, -0.1) is 6.42 Å². The van der Waals surface area contributed by atoms with Crippen molar-refractivity contribution in [2.75, 3.05) is 0 Å². The van der Waals surface area contributed by atoms with Crippen LogP contribution in [0.5, 0.6) is 0 Å². The highest BCUT2D eigenvalue weighted by Crippen LogP contribution is 2.22. The van der Waals surface area contributed by atoms with Crippen molar-refractivity contribution in [3.63, 3.8) is 0 Å². The van der Waals surface area contributed by atoms with E-state index in [2.05, 4.69) is 26.8 Å². The molecule has 0 saturated carbocycles. The van der Waals surface area contributed by atoms with Gasteiger partial charge in [0.2, 0.25) is 0 Å². The summed E-state index contributed by atoms with van der Waals surface area (Å²) in [6.45, 7) is 1.99. The van der Waals surface area contributed by atoms with E-state index in [0.717, 1.165) is 10.0 Å². The van der Waals surface area contributed by atoms with Crippen molar-refractivity contribution < 1.29 is 0 Å². The summed E-state index contributed by atoms with van der Waals surface area (Å²) in [6.07, 6.45) is 8.78. The largest absolute Gasteiger partial charge is 0.264 e. The van der Waals surface area contributed by atoms with E-state index in [4.69, 9.17) is 6.42 Å². The summed E-state index contributed by atoms with van der Waals surface area (Å²) in [5.74, 6) is 2.81. The molecule has 1 atom stereocenters. The van der Waals surface area contributed by atoms with Crippen LogP contribution in [-0.4, -0.2) is 4.98 Å². The highest BCUT2D eigenvalue weighted by Gasteiger charge is 2.04. The summed E-state index contributed by atoms with van der Waals surface area (Å²) in [7, 11) is 0. The van der Waals surface area contributed by atoms with Gasteiger partial charge in [0.1, 0.15) is 0 Å². The summed E-state index contributed by atoms with van der Waals surface area (Å²) in [6, 6.07) is 1.93. The zero-order chi connectivity index (χ0) is 8.27. The monoisotopic (exact) mass is 209 g/mol. The fourth-order valence-corrected chi connectivity index (χ4v) is 1.42. The Morgan fingerprint density at radius 3 is 3.00 bits per heavy atom. The van der Waals surface area contributed by atoms with E-state index in [9.17, 15) is 0 Å². The van der Waals surface area contributed by atoms with Crippen molar-refractivity contribution in [2.45, 2.75) is 12.8 Å². The van der Waals surface area contributed by atoms with Gasteiger partial charge in [0, 0.05) is 22.8 Å². The van der Waals surface area contributed by atoms with Gasteiger partial charge in [-0.3, -0.25) is 4.98 Å². The second-order valence-electron chi connectivity index (χ2n) is 2.29. The fourth-order valence-electron chi connectivity index (χ4n) is 0.827. The quantitative estimate of drug-likeness (QED) is 0.649. The van der Waals surface area contributed by atoms with Crippen LogP contribution in [0.4, 0.5) is 0 Å². The minimum atomic E-state index is 0.146. The number of nitrogens with zero attached hydrogens (tertiary/aromatic N) is 1. The fraction of sp³-hybridized carbons (Fsp3) is 0.222. The van der Waals surface area contributed by atoms with Gasteiger partial charge in [0.15, 0.2) is 0 Å². The van der Waals surface area contributed by atoms with Crippen LogP contribution >= 0.6 is 15.9 Å². The van der Waals surface area contributed by atoms with E-state index in [1.54, 1.807) is 12.4 Å². The third-order valence-corrected chi connectivity index (χ3v) is 2.18. The lowest BCUT2D eigenvalue weighted by Crippen LogP contribution is -1.90. The maximum Gasteiger partial charge on any atom is 0.0433 e. The van der Waals surface area contributed by atoms with Crippen LogP contribution in [0.2, 0.25) is 0 Å². The van der Waals surface area contributed by atoms with Gasteiger partial charge in [-0.05, 0) is 34.5 Å². The zero-order valence-corrected chi connectivity index (χ0v) is 7.80. The maximum absolute atomic E-state index is 5.28. The molecule has 0 fully saturated rings. The highest BCUT2D eigenvalue weighted by molar-refractivity contribution is 9.10. The first kappa shape index (κ1) is 8.29. The summed E-state index contributed by atoms with van der Waals surface area (Å²) in [5.41, 5.74) is 1.11. The Balaban J connectivity index is 3.05. The number of terminal acetylenes is 1. The number of halogens is 1. The molecular formula is C9H8BrN. The third kappa shape index (κ3) is 1.81. The molecule has 1 heterocycles. The molecule has 0 N–H and O–H groups in total. The van der Waals surface area contributed by atoms with Crippen LogP contribution in [0.1, 0.15) is 18.4 Å². The van der Waals surface area contributed by atoms with Crippen molar-refractivity contribution in [1.82, 2.24) is 4.98 Å². The zero-order valence-electron chi connectivity index (χ0n) is 6.21. The lowest BCUT2D eigenvalue weighted by molar-refractivity contribution is 0.987. The molecule has 2 heteroatoms. The summed E-state index contributed by atoms with van der Waals surface area (Å²) in [5, 5.41) is 0. The van der Waals surface area contributed by atoms with E-state index < -0.39 is 0 Å². The molecule has 0 amide bonds. The van der Waals surface area contributed by atoms with Crippen LogP contribution in [-0.2, 0) is 0 Å². The third-order valence-electron chi connectivity index (χ3n) is 1.52. The van der Waals surface area contributed by atoms with Gasteiger partial charge in [0.05, 0.1) is 0 Å². The molecule has 0 bridgehead atoms. The topological polar surface area (TPSA) is 12.9 Å². The molecule has 1 unspecified atom stereocenters. The predicted molar refractivity (Wildman–Crippen MR) is 49.2 cm³/mol. The van der Waals surface area contributed by atoms with Gasteiger partial charge in [-0.1, -0.05) is 5.92 Å². The Morgan fingerprint density at radius 2 is 2.45 bits per heavy atom. The Labute approximate surface area is 75.0 Å². The van der Waals surface area contributed by atoms with Crippen LogP contribution in [0.25, 0.3) is 0 Å². The van der Waals surface area contributed by atoms with Gasteiger partial charge in [-0.2, -0.15) is 0 Å². The number of pyridine rings is 1. The predicted octanol–water partition coefficient (Wildman–Crippen LogP) is 2.58. The average molecular weight is 210 g/mol. The van der Waals surface area contributed by atoms with Crippen molar-refractivity contribution >= 4 is 15.9 Å². The number of rotatable bonds is 1. The molecular weight excluding hydrogens is 202 g/mol. The Bertz CT molecular complexity index is 288. The Kier molecular flexibility index (Phi) is 2.67. The minimum absolute atomic E-state index is 0.146. The molecule has 1 rings (SSSR count). The smallest absolute Gasteiger partial charge is 0.0433 e. The molecule has 56 valence electrons. The molecule has 1 aromatic rings. The van der Waals surface area contributed by atoms with Gasteiger partial charge >= 0.3 is 0 Å². The number of hydrogen-bond acceptors (Lipinski definition) is 1. The first-order chi connectivity index (χ1) is 5.25. The van der Waals surface area contributed by atoms with E-state index >= 15 is 0 Å². The SMILES string of the molecule is C#CC(C)c1ccncc1Br. The molecule has 1 nitrogen and oxygen atoms in total. The van der Waals surface area contributed by atoms with Crippen LogP contribution in [0.3, 0.4) is 0 Å². The molecule has 0 saturated heterocycles. The maximum atomic E-state index is 5.28. The molecule has 0 aliphatic rings. The van der Waals surface area contributed by atoms with Crippen LogP contribution < -0.4 is 0 Å². The molecule has 0 spiro atoms. The van der Waals surface area contributed by atoms with Crippen LogP contribution in [0, 0.1) is 12.3 Å². The molecule has 0 aliphatic carbocycles. The number of aromatic nitrogens is 1. The van der Waals surface area contributed by atoms with E-state index in [1.807, 2.05) is 13.0 Å². The van der Waals surface area contributed by atoms with Gasteiger partial charge in [0.25, 0.3) is 0 Å². The molecule has 0 radical (unpaired) electrons. The minimum Gasteiger partial charge on any atom is -0.264 e. The Morgan fingerprint density at radius 1 is 1.73 bits per heavy atom. The molecule has 0 aliphatic heterocycles.